The van der Waals surface area contributed by atoms with Crippen molar-refractivity contribution in [3.8, 4) is 5.75 Å². The Balaban J connectivity index is 1.16. The maximum Gasteiger partial charge on any atom is 0.339 e. The molecule has 0 radical (unpaired) electrons. The van der Waals surface area contributed by atoms with Gasteiger partial charge in [0.25, 0.3) is 0 Å². The molecule has 1 atom stereocenters. The minimum atomic E-state index is -4.20. The zero-order valence-corrected chi connectivity index (χ0v) is 31.2. The van der Waals surface area contributed by atoms with Gasteiger partial charge in [0.15, 0.2) is 0 Å². The summed E-state index contributed by atoms with van der Waals surface area (Å²) in [5, 5.41) is 2.32. The number of rotatable bonds is 10. The molecule has 11 nitrogen and oxygen atoms in total. The zero-order chi connectivity index (χ0) is 37.3. The number of pyridine rings is 2. The molecule has 0 saturated carbocycles. The van der Waals surface area contributed by atoms with Gasteiger partial charge in [0.05, 0.1) is 4.90 Å². The quantitative estimate of drug-likeness (QED) is 0.161. The summed E-state index contributed by atoms with van der Waals surface area (Å²) in [7, 11) is -6.94. The molecular formula is C40H39N5O6S2. The highest BCUT2D eigenvalue weighted by Gasteiger charge is 2.37. The van der Waals surface area contributed by atoms with Crippen molar-refractivity contribution in [2.45, 2.75) is 36.1 Å². The Bertz CT molecular complexity index is 2530. The van der Waals surface area contributed by atoms with E-state index >= 15 is 0 Å². The topological polar surface area (TPSA) is 130 Å². The van der Waals surface area contributed by atoms with Crippen LogP contribution in [0, 0.1) is 13.8 Å². The van der Waals surface area contributed by atoms with Crippen LogP contribution < -0.4 is 9.08 Å². The lowest BCUT2D eigenvalue weighted by Crippen LogP contribution is -2.56. The highest BCUT2D eigenvalue weighted by Crippen LogP contribution is 2.30. The number of aryl methyl sites for hydroxylation is 1. The molecule has 3 heterocycles. The Morgan fingerprint density at radius 1 is 0.755 bits per heavy atom. The largest absolute Gasteiger partial charge is 0.379 e. The van der Waals surface area contributed by atoms with E-state index in [1.165, 1.54) is 48.6 Å². The van der Waals surface area contributed by atoms with Crippen molar-refractivity contribution in [3.05, 3.63) is 132 Å². The monoisotopic (exact) mass is 749 g/mol. The standard InChI is InChI=1S/C40H39N5O6S2/c1-28-7-4-10-36(29(28)2)44-21-23-45(24-22-44)40(46)37(43(3)52(47,48)38-11-5-8-31-26-41-19-17-34(31)38)25-30-13-15-33(16-14-30)51-53(49,50)39-12-6-9-32-27-42-20-18-35(32)39/h4-20,26-27,37H,21-25H2,1-3H3/t37-/m0/s1. The fraction of sp³-hybridized carbons (Fsp3) is 0.225. The predicted octanol–water partition coefficient (Wildman–Crippen LogP) is 5.75. The number of piperazine rings is 1. The van der Waals surface area contributed by atoms with Crippen LogP contribution in [-0.4, -0.2) is 81.2 Å². The van der Waals surface area contributed by atoms with Gasteiger partial charge in [-0.1, -0.05) is 48.5 Å². The Morgan fingerprint density at radius 2 is 1.34 bits per heavy atom. The van der Waals surface area contributed by atoms with Crippen molar-refractivity contribution in [1.82, 2.24) is 19.2 Å². The minimum absolute atomic E-state index is 0.0147. The number of benzene rings is 4. The molecule has 7 rings (SSSR count). The minimum Gasteiger partial charge on any atom is -0.379 e. The van der Waals surface area contributed by atoms with Crippen molar-refractivity contribution < 1.29 is 25.8 Å². The van der Waals surface area contributed by atoms with Gasteiger partial charge in [0.1, 0.15) is 16.7 Å². The number of likely N-dealkylation sites (N-methyl/N-ethyl adjacent to an activating group) is 1. The fourth-order valence-electron chi connectivity index (χ4n) is 6.86. The van der Waals surface area contributed by atoms with Gasteiger partial charge in [-0.2, -0.15) is 12.7 Å². The Labute approximate surface area is 309 Å². The number of nitrogens with zero attached hydrogens (tertiary/aromatic N) is 5. The van der Waals surface area contributed by atoms with Gasteiger partial charge in [-0.05, 0) is 79.4 Å². The van der Waals surface area contributed by atoms with Gasteiger partial charge in [0.2, 0.25) is 15.9 Å². The number of anilines is 1. The van der Waals surface area contributed by atoms with E-state index in [4.69, 9.17) is 4.18 Å². The van der Waals surface area contributed by atoms with E-state index in [0.717, 1.165) is 9.99 Å². The van der Waals surface area contributed by atoms with E-state index in [1.807, 2.05) is 6.07 Å². The molecule has 0 spiro atoms. The normalized spacial score (nSPS) is 14.5. The molecule has 1 saturated heterocycles. The molecule has 1 amide bonds. The van der Waals surface area contributed by atoms with Crippen molar-refractivity contribution in [3.63, 3.8) is 0 Å². The molecule has 0 bridgehead atoms. The number of hydrogen-bond acceptors (Lipinski definition) is 9. The first kappa shape index (κ1) is 36.0. The average Bonchev–Trinajstić information content (AvgIpc) is 3.17. The Kier molecular flexibility index (Phi) is 9.90. The third-order valence-corrected chi connectivity index (χ3v) is 13.2. The molecular weight excluding hydrogens is 711 g/mol. The van der Waals surface area contributed by atoms with Gasteiger partial charge >= 0.3 is 10.1 Å². The van der Waals surface area contributed by atoms with Crippen molar-refractivity contribution in [2.24, 2.45) is 0 Å². The molecule has 0 N–H and O–H groups in total. The van der Waals surface area contributed by atoms with E-state index in [2.05, 4.69) is 40.8 Å². The second-order valence-electron chi connectivity index (χ2n) is 13.2. The van der Waals surface area contributed by atoms with Crippen LogP contribution in [0.5, 0.6) is 5.75 Å². The van der Waals surface area contributed by atoms with Crippen LogP contribution in [0.4, 0.5) is 5.69 Å². The molecule has 53 heavy (non-hydrogen) atoms. The maximum atomic E-state index is 14.5. The molecule has 1 aliphatic heterocycles. The second-order valence-corrected chi connectivity index (χ2v) is 16.6. The summed E-state index contributed by atoms with van der Waals surface area (Å²) in [6.07, 6.45) is 6.30. The first-order chi connectivity index (χ1) is 25.4. The number of hydrogen-bond donors (Lipinski definition) is 0. The van der Waals surface area contributed by atoms with Gasteiger partial charge in [-0.3, -0.25) is 14.8 Å². The van der Waals surface area contributed by atoms with Crippen molar-refractivity contribution in [2.75, 3.05) is 38.1 Å². The van der Waals surface area contributed by atoms with Gasteiger partial charge < -0.3 is 14.0 Å². The molecule has 13 heteroatoms. The smallest absolute Gasteiger partial charge is 0.339 e. The van der Waals surface area contributed by atoms with E-state index in [9.17, 15) is 21.6 Å². The van der Waals surface area contributed by atoms with Gasteiger partial charge in [-0.25, -0.2) is 8.42 Å². The van der Waals surface area contributed by atoms with Crippen molar-refractivity contribution in [1.29, 1.82) is 0 Å². The number of amides is 1. The molecule has 1 aliphatic rings. The second kappa shape index (κ2) is 14.6. The lowest BCUT2D eigenvalue weighted by molar-refractivity contribution is -0.135. The first-order valence-corrected chi connectivity index (χ1v) is 20.1. The molecule has 6 aromatic rings. The number of carbonyl (C=O) groups is 1. The van der Waals surface area contributed by atoms with Crippen LogP contribution in [0.25, 0.3) is 21.5 Å². The summed E-state index contributed by atoms with van der Waals surface area (Å²) < 4.78 is 62.1. The van der Waals surface area contributed by atoms with Crippen LogP contribution >= 0.6 is 0 Å². The Hall–Kier alpha value is -5.37. The van der Waals surface area contributed by atoms with E-state index < -0.39 is 26.2 Å². The van der Waals surface area contributed by atoms with E-state index in [-0.39, 0.29) is 27.9 Å². The lowest BCUT2D eigenvalue weighted by atomic mass is 10.0. The number of carbonyl (C=O) groups excluding carboxylic acids is 1. The van der Waals surface area contributed by atoms with E-state index in [1.54, 1.807) is 72.0 Å². The van der Waals surface area contributed by atoms with Gasteiger partial charge in [-0.15, -0.1) is 0 Å². The molecule has 4 aromatic carbocycles. The summed E-state index contributed by atoms with van der Waals surface area (Å²) in [6, 6.07) is 24.6. The third-order valence-electron chi connectivity index (χ3n) is 10.00. The summed E-state index contributed by atoms with van der Waals surface area (Å²) >= 11 is 0. The number of fused-ring (bicyclic) bond motifs is 2. The van der Waals surface area contributed by atoms with Crippen LogP contribution in [0.3, 0.4) is 0 Å². The van der Waals surface area contributed by atoms with Gasteiger partial charge in [0, 0.05) is 85.2 Å². The number of aromatic nitrogens is 2. The third kappa shape index (κ3) is 7.19. The highest BCUT2D eigenvalue weighted by molar-refractivity contribution is 7.89. The predicted molar refractivity (Wildman–Crippen MR) is 205 cm³/mol. The van der Waals surface area contributed by atoms with Crippen LogP contribution in [-0.2, 0) is 31.4 Å². The first-order valence-electron chi connectivity index (χ1n) is 17.2. The van der Waals surface area contributed by atoms with Crippen LogP contribution in [0.15, 0.2) is 126 Å². The lowest BCUT2D eigenvalue weighted by Gasteiger charge is -2.39. The summed E-state index contributed by atoms with van der Waals surface area (Å²) in [5.74, 6) is -0.234. The zero-order valence-electron chi connectivity index (χ0n) is 29.6. The van der Waals surface area contributed by atoms with Crippen LogP contribution in [0.2, 0.25) is 0 Å². The fourth-order valence-corrected chi connectivity index (χ4v) is 9.53. The van der Waals surface area contributed by atoms with Crippen molar-refractivity contribution >= 4 is 53.3 Å². The summed E-state index contributed by atoms with van der Waals surface area (Å²) in [5.41, 5.74) is 4.14. The van der Waals surface area contributed by atoms with Crippen LogP contribution in [0.1, 0.15) is 16.7 Å². The molecule has 0 unspecified atom stereocenters. The molecule has 1 fully saturated rings. The Morgan fingerprint density at radius 3 is 1.98 bits per heavy atom. The summed E-state index contributed by atoms with van der Waals surface area (Å²) in [6.45, 7) is 6.21. The number of sulfonamides is 1. The molecule has 2 aromatic heterocycles. The summed E-state index contributed by atoms with van der Waals surface area (Å²) in [4.78, 5) is 26.7. The SMILES string of the molecule is Cc1cccc(N2CCN(C(=O)[C@H](Cc3ccc(OS(=O)(=O)c4cccc5cnccc45)cc3)N(C)S(=O)(=O)c3cccc4cnccc34)CC2)c1C. The highest BCUT2D eigenvalue weighted by atomic mass is 32.2. The molecule has 272 valence electrons. The maximum absolute atomic E-state index is 14.5. The molecule has 0 aliphatic carbocycles. The average molecular weight is 750 g/mol. The van der Waals surface area contributed by atoms with E-state index in [0.29, 0.717) is 53.3 Å².